The summed E-state index contributed by atoms with van der Waals surface area (Å²) < 4.78 is 0. The SMILES string of the molecule is CC(=O)c1cccc(N2C(=O)CCCC2C(=O)O)c1. The van der Waals surface area contributed by atoms with Crippen LogP contribution in [-0.2, 0) is 9.59 Å². The largest absolute Gasteiger partial charge is 0.480 e. The predicted octanol–water partition coefficient (Wildman–Crippen LogP) is 1.86. The number of carbonyl (C=O) groups excluding carboxylic acids is 2. The molecule has 1 saturated heterocycles. The Morgan fingerprint density at radius 2 is 2.11 bits per heavy atom. The molecule has 5 nitrogen and oxygen atoms in total. The molecule has 1 aliphatic heterocycles. The Kier molecular flexibility index (Phi) is 3.64. The van der Waals surface area contributed by atoms with Gasteiger partial charge in [-0.05, 0) is 31.9 Å². The van der Waals surface area contributed by atoms with Crippen molar-refractivity contribution < 1.29 is 19.5 Å². The van der Waals surface area contributed by atoms with E-state index in [2.05, 4.69) is 0 Å². The summed E-state index contributed by atoms with van der Waals surface area (Å²) in [6, 6.07) is 5.69. The van der Waals surface area contributed by atoms with Crippen molar-refractivity contribution in [3.05, 3.63) is 29.8 Å². The maximum absolute atomic E-state index is 12.0. The lowest BCUT2D eigenvalue weighted by atomic mass is 10.00. The lowest BCUT2D eigenvalue weighted by Gasteiger charge is -2.33. The van der Waals surface area contributed by atoms with Crippen molar-refractivity contribution in [1.29, 1.82) is 0 Å². The Hall–Kier alpha value is -2.17. The summed E-state index contributed by atoms with van der Waals surface area (Å²) in [6.45, 7) is 1.44. The molecule has 5 heteroatoms. The number of ketones is 1. The van der Waals surface area contributed by atoms with Gasteiger partial charge < -0.3 is 5.11 Å². The zero-order valence-electron chi connectivity index (χ0n) is 10.6. The predicted molar refractivity (Wildman–Crippen MR) is 69.2 cm³/mol. The normalized spacial score (nSPS) is 19.3. The van der Waals surface area contributed by atoms with Crippen molar-refractivity contribution in [2.24, 2.45) is 0 Å². The highest BCUT2D eigenvalue weighted by Gasteiger charge is 2.34. The fraction of sp³-hybridized carbons (Fsp3) is 0.357. The van der Waals surface area contributed by atoms with E-state index in [1.54, 1.807) is 24.3 Å². The van der Waals surface area contributed by atoms with E-state index in [0.717, 1.165) is 0 Å². The van der Waals surface area contributed by atoms with Crippen molar-refractivity contribution in [2.45, 2.75) is 32.2 Å². The molecule has 0 bridgehead atoms. The van der Waals surface area contributed by atoms with Crippen LogP contribution in [0.2, 0.25) is 0 Å². The number of amides is 1. The molecule has 1 aromatic carbocycles. The Morgan fingerprint density at radius 3 is 2.74 bits per heavy atom. The van der Waals surface area contributed by atoms with E-state index < -0.39 is 12.0 Å². The first-order valence-electron chi connectivity index (χ1n) is 6.16. The fourth-order valence-corrected chi connectivity index (χ4v) is 2.30. The van der Waals surface area contributed by atoms with Gasteiger partial charge in [0.15, 0.2) is 5.78 Å². The Morgan fingerprint density at radius 1 is 1.37 bits per heavy atom. The van der Waals surface area contributed by atoms with Crippen LogP contribution in [0.15, 0.2) is 24.3 Å². The van der Waals surface area contributed by atoms with Crippen LogP contribution in [0.4, 0.5) is 5.69 Å². The van der Waals surface area contributed by atoms with Crippen LogP contribution < -0.4 is 4.90 Å². The topological polar surface area (TPSA) is 74.7 Å². The van der Waals surface area contributed by atoms with Crippen molar-refractivity contribution in [3.63, 3.8) is 0 Å². The summed E-state index contributed by atoms with van der Waals surface area (Å²) in [5, 5.41) is 9.21. The molecule has 1 aliphatic rings. The number of hydrogen-bond donors (Lipinski definition) is 1. The van der Waals surface area contributed by atoms with E-state index in [0.29, 0.717) is 30.5 Å². The number of hydrogen-bond acceptors (Lipinski definition) is 3. The second kappa shape index (κ2) is 5.22. The monoisotopic (exact) mass is 261 g/mol. The molecule has 100 valence electrons. The van der Waals surface area contributed by atoms with Gasteiger partial charge in [-0.15, -0.1) is 0 Å². The van der Waals surface area contributed by atoms with Crippen LogP contribution in [-0.4, -0.2) is 28.8 Å². The number of benzene rings is 1. The Bertz CT molecular complexity index is 538. The molecule has 1 amide bonds. The van der Waals surface area contributed by atoms with Crippen LogP contribution in [0, 0.1) is 0 Å². The number of rotatable bonds is 3. The van der Waals surface area contributed by atoms with Gasteiger partial charge in [-0.3, -0.25) is 14.5 Å². The van der Waals surface area contributed by atoms with Gasteiger partial charge in [0.2, 0.25) is 5.91 Å². The van der Waals surface area contributed by atoms with E-state index in [9.17, 15) is 19.5 Å². The van der Waals surface area contributed by atoms with Gasteiger partial charge in [0.05, 0.1) is 0 Å². The zero-order valence-corrected chi connectivity index (χ0v) is 10.6. The number of carboxylic acid groups (broad SMARTS) is 1. The summed E-state index contributed by atoms with van der Waals surface area (Å²) in [6.07, 6.45) is 1.36. The van der Waals surface area contributed by atoms with Crippen molar-refractivity contribution in [2.75, 3.05) is 4.90 Å². The first-order chi connectivity index (χ1) is 9.00. The van der Waals surface area contributed by atoms with Gasteiger partial charge in [0.1, 0.15) is 6.04 Å². The molecule has 1 fully saturated rings. The minimum atomic E-state index is -1.01. The van der Waals surface area contributed by atoms with Gasteiger partial charge in [-0.25, -0.2) is 4.79 Å². The third-order valence-corrected chi connectivity index (χ3v) is 3.26. The molecule has 0 radical (unpaired) electrons. The minimum Gasteiger partial charge on any atom is -0.480 e. The number of Topliss-reactive ketones (excluding diaryl/α,β-unsaturated/α-hetero) is 1. The van der Waals surface area contributed by atoms with Crippen LogP contribution in [0.5, 0.6) is 0 Å². The average molecular weight is 261 g/mol. The molecule has 0 spiro atoms. The maximum Gasteiger partial charge on any atom is 0.326 e. The van der Waals surface area contributed by atoms with Gasteiger partial charge in [0.25, 0.3) is 0 Å². The van der Waals surface area contributed by atoms with Gasteiger partial charge in [-0.1, -0.05) is 12.1 Å². The highest BCUT2D eigenvalue weighted by molar-refractivity contribution is 6.02. The smallest absolute Gasteiger partial charge is 0.326 e. The first-order valence-corrected chi connectivity index (χ1v) is 6.16. The maximum atomic E-state index is 12.0. The third kappa shape index (κ3) is 2.65. The zero-order chi connectivity index (χ0) is 14.0. The standard InChI is InChI=1S/C14H15NO4/c1-9(16)10-4-2-5-11(8-10)15-12(14(18)19)6-3-7-13(15)17/h2,4-5,8,12H,3,6-7H2,1H3,(H,18,19). The summed E-state index contributed by atoms with van der Waals surface area (Å²) >= 11 is 0. The summed E-state index contributed by atoms with van der Waals surface area (Å²) in [4.78, 5) is 35.9. The van der Waals surface area contributed by atoms with Crippen molar-refractivity contribution >= 4 is 23.3 Å². The van der Waals surface area contributed by atoms with Crippen LogP contribution in [0.25, 0.3) is 0 Å². The number of carboxylic acids is 1. The molecular formula is C14H15NO4. The fourth-order valence-electron chi connectivity index (χ4n) is 2.30. The average Bonchev–Trinajstić information content (AvgIpc) is 2.38. The van der Waals surface area contributed by atoms with Crippen LogP contribution >= 0.6 is 0 Å². The second-order valence-corrected chi connectivity index (χ2v) is 4.62. The van der Waals surface area contributed by atoms with Crippen LogP contribution in [0.1, 0.15) is 36.5 Å². The van der Waals surface area contributed by atoms with E-state index >= 15 is 0 Å². The highest BCUT2D eigenvalue weighted by Crippen LogP contribution is 2.26. The third-order valence-electron chi connectivity index (χ3n) is 3.26. The summed E-state index contributed by atoms with van der Waals surface area (Å²) in [5.41, 5.74) is 0.949. The second-order valence-electron chi connectivity index (χ2n) is 4.62. The van der Waals surface area contributed by atoms with Crippen molar-refractivity contribution in [1.82, 2.24) is 0 Å². The van der Waals surface area contributed by atoms with Gasteiger partial charge in [-0.2, -0.15) is 0 Å². The van der Waals surface area contributed by atoms with Crippen LogP contribution in [0.3, 0.4) is 0 Å². The lowest BCUT2D eigenvalue weighted by molar-refractivity contribution is -0.141. The molecule has 0 saturated carbocycles. The molecule has 1 aromatic rings. The van der Waals surface area contributed by atoms with Gasteiger partial charge in [0, 0.05) is 17.7 Å². The lowest BCUT2D eigenvalue weighted by Crippen LogP contribution is -2.48. The number of carbonyl (C=O) groups is 3. The quantitative estimate of drug-likeness (QED) is 0.843. The molecule has 0 aromatic heterocycles. The minimum absolute atomic E-state index is 0.113. The highest BCUT2D eigenvalue weighted by atomic mass is 16.4. The molecule has 1 N–H and O–H groups in total. The molecule has 1 unspecified atom stereocenters. The molecule has 0 aliphatic carbocycles. The molecule has 19 heavy (non-hydrogen) atoms. The van der Waals surface area contributed by atoms with E-state index in [-0.39, 0.29) is 11.7 Å². The number of piperidine rings is 1. The molecule has 2 rings (SSSR count). The van der Waals surface area contributed by atoms with E-state index in [4.69, 9.17) is 0 Å². The molecular weight excluding hydrogens is 246 g/mol. The summed E-state index contributed by atoms with van der Waals surface area (Å²) in [5.74, 6) is -1.33. The van der Waals surface area contributed by atoms with Gasteiger partial charge >= 0.3 is 5.97 Å². The number of aliphatic carboxylic acids is 1. The number of anilines is 1. The number of nitrogens with zero attached hydrogens (tertiary/aromatic N) is 1. The molecule has 1 atom stereocenters. The van der Waals surface area contributed by atoms with Crippen molar-refractivity contribution in [3.8, 4) is 0 Å². The summed E-state index contributed by atoms with van der Waals surface area (Å²) in [7, 11) is 0. The van der Waals surface area contributed by atoms with E-state index in [1.165, 1.54) is 11.8 Å². The Labute approximate surface area is 110 Å². The first kappa shape index (κ1) is 13.3. The van der Waals surface area contributed by atoms with E-state index in [1.807, 2.05) is 0 Å². The Balaban J connectivity index is 2.41. The molecule has 1 heterocycles.